The van der Waals surface area contributed by atoms with Gasteiger partial charge in [-0.25, -0.2) is 0 Å². The van der Waals surface area contributed by atoms with Gasteiger partial charge in [-0.1, -0.05) is 12.1 Å². The van der Waals surface area contributed by atoms with E-state index < -0.39 is 0 Å². The number of nitrogens with zero attached hydrogens (tertiary/aromatic N) is 2. The second kappa shape index (κ2) is 5.68. The van der Waals surface area contributed by atoms with Crippen molar-refractivity contribution in [2.75, 3.05) is 7.05 Å². The Balaban J connectivity index is 2.21. The molecule has 0 aliphatic rings. The summed E-state index contributed by atoms with van der Waals surface area (Å²) in [6.07, 6.45) is 0. The molecule has 2 rings (SSSR count). The fraction of sp³-hybridized carbons (Fsp3) is 0.200. The summed E-state index contributed by atoms with van der Waals surface area (Å²) in [7, 11) is 1.78. The van der Waals surface area contributed by atoms with E-state index >= 15 is 0 Å². The van der Waals surface area contributed by atoms with E-state index in [-0.39, 0.29) is 11.9 Å². The highest BCUT2D eigenvalue weighted by Crippen LogP contribution is 2.24. The third-order valence-electron chi connectivity index (χ3n) is 3.09. The van der Waals surface area contributed by atoms with E-state index in [1.165, 1.54) is 0 Å². The van der Waals surface area contributed by atoms with Crippen molar-refractivity contribution in [3.05, 3.63) is 57.8 Å². The van der Waals surface area contributed by atoms with Crippen LogP contribution in [0.2, 0.25) is 0 Å². The van der Waals surface area contributed by atoms with Crippen LogP contribution in [-0.4, -0.2) is 17.9 Å². The van der Waals surface area contributed by atoms with Crippen LogP contribution < -0.4 is 0 Å². The molecule has 2 aromatic rings. The van der Waals surface area contributed by atoms with E-state index in [0.29, 0.717) is 11.1 Å². The summed E-state index contributed by atoms with van der Waals surface area (Å²) in [5.41, 5.74) is 1.05. The van der Waals surface area contributed by atoms with Crippen LogP contribution in [0.25, 0.3) is 0 Å². The summed E-state index contributed by atoms with van der Waals surface area (Å²) in [4.78, 5) is 15.2. The van der Waals surface area contributed by atoms with Gasteiger partial charge in [-0.05, 0) is 36.6 Å². The average Bonchev–Trinajstić information content (AvgIpc) is 2.99. The molecule has 0 radical (unpaired) electrons. The maximum Gasteiger partial charge on any atom is 0.254 e. The highest BCUT2D eigenvalue weighted by Gasteiger charge is 2.19. The number of hydrogen-bond acceptors (Lipinski definition) is 3. The predicted octanol–water partition coefficient (Wildman–Crippen LogP) is 3.45. The lowest BCUT2D eigenvalue weighted by molar-refractivity contribution is 0.0745. The van der Waals surface area contributed by atoms with Crippen LogP contribution in [0.3, 0.4) is 0 Å². The zero-order valence-corrected chi connectivity index (χ0v) is 11.6. The smallest absolute Gasteiger partial charge is 0.254 e. The largest absolute Gasteiger partial charge is 0.334 e. The zero-order valence-electron chi connectivity index (χ0n) is 10.8. The van der Waals surface area contributed by atoms with Crippen LogP contribution in [0, 0.1) is 11.3 Å². The van der Waals surface area contributed by atoms with E-state index in [0.717, 1.165) is 4.88 Å². The van der Waals surface area contributed by atoms with Crippen molar-refractivity contribution in [2.24, 2.45) is 0 Å². The van der Waals surface area contributed by atoms with Gasteiger partial charge in [0.2, 0.25) is 0 Å². The summed E-state index contributed by atoms with van der Waals surface area (Å²) in [6.45, 7) is 2.00. The SMILES string of the molecule is CC(c1cccs1)N(C)C(=O)c1cccc(C#N)c1. The lowest BCUT2D eigenvalue weighted by Gasteiger charge is -2.24. The summed E-state index contributed by atoms with van der Waals surface area (Å²) in [5.74, 6) is -0.0713. The van der Waals surface area contributed by atoms with Crippen LogP contribution in [0.4, 0.5) is 0 Å². The van der Waals surface area contributed by atoms with Crippen molar-refractivity contribution in [3.8, 4) is 6.07 Å². The van der Waals surface area contributed by atoms with Crippen molar-refractivity contribution in [1.29, 1.82) is 5.26 Å². The molecule has 1 amide bonds. The predicted molar refractivity (Wildman–Crippen MR) is 76.0 cm³/mol. The highest BCUT2D eigenvalue weighted by atomic mass is 32.1. The molecular weight excluding hydrogens is 256 g/mol. The quantitative estimate of drug-likeness (QED) is 0.857. The van der Waals surface area contributed by atoms with Gasteiger partial charge < -0.3 is 4.90 Å². The second-order valence-corrected chi connectivity index (χ2v) is 5.28. The number of benzene rings is 1. The van der Waals surface area contributed by atoms with Crippen molar-refractivity contribution >= 4 is 17.2 Å². The molecule has 1 unspecified atom stereocenters. The molecule has 0 fully saturated rings. The Labute approximate surface area is 116 Å². The van der Waals surface area contributed by atoms with E-state index in [2.05, 4.69) is 0 Å². The van der Waals surface area contributed by atoms with E-state index in [1.54, 1.807) is 47.5 Å². The van der Waals surface area contributed by atoms with Gasteiger partial charge >= 0.3 is 0 Å². The fourth-order valence-electron chi connectivity index (χ4n) is 1.82. The minimum atomic E-state index is -0.0713. The molecule has 1 atom stereocenters. The van der Waals surface area contributed by atoms with Gasteiger partial charge in [0.25, 0.3) is 5.91 Å². The Hall–Kier alpha value is -2.12. The summed E-state index contributed by atoms with van der Waals surface area (Å²) in [6, 6.07) is 12.9. The Morgan fingerprint density at radius 1 is 1.37 bits per heavy atom. The Kier molecular flexibility index (Phi) is 3.98. The minimum absolute atomic E-state index is 0.0261. The molecule has 0 aliphatic heterocycles. The average molecular weight is 270 g/mol. The first-order valence-corrected chi connectivity index (χ1v) is 6.82. The molecular formula is C15H14N2OS. The number of nitriles is 1. The molecule has 0 saturated heterocycles. The number of hydrogen-bond donors (Lipinski definition) is 0. The molecule has 3 nitrogen and oxygen atoms in total. The van der Waals surface area contributed by atoms with Crippen LogP contribution in [-0.2, 0) is 0 Å². The lowest BCUT2D eigenvalue weighted by Crippen LogP contribution is -2.29. The molecule has 0 N–H and O–H groups in total. The maximum absolute atomic E-state index is 12.4. The van der Waals surface area contributed by atoms with E-state index in [1.807, 2.05) is 30.5 Å². The van der Waals surface area contributed by atoms with Gasteiger partial charge in [-0.15, -0.1) is 11.3 Å². The maximum atomic E-state index is 12.4. The number of amides is 1. The Morgan fingerprint density at radius 3 is 2.79 bits per heavy atom. The molecule has 1 aromatic carbocycles. The summed E-state index contributed by atoms with van der Waals surface area (Å²) in [5, 5.41) is 10.9. The molecule has 1 heterocycles. The molecule has 0 spiro atoms. The molecule has 96 valence electrons. The van der Waals surface area contributed by atoms with Crippen LogP contribution in [0.5, 0.6) is 0 Å². The zero-order chi connectivity index (χ0) is 13.8. The monoisotopic (exact) mass is 270 g/mol. The highest BCUT2D eigenvalue weighted by molar-refractivity contribution is 7.10. The van der Waals surface area contributed by atoms with Crippen molar-refractivity contribution < 1.29 is 4.79 Å². The first-order chi connectivity index (χ1) is 9.13. The Bertz CT molecular complexity index is 613. The van der Waals surface area contributed by atoms with Crippen LogP contribution in [0.1, 0.15) is 33.8 Å². The second-order valence-electron chi connectivity index (χ2n) is 4.30. The molecule has 0 saturated carbocycles. The van der Waals surface area contributed by atoms with E-state index in [4.69, 9.17) is 5.26 Å². The molecule has 0 bridgehead atoms. The minimum Gasteiger partial charge on any atom is -0.334 e. The lowest BCUT2D eigenvalue weighted by atomic mass is 10.1. The molecule has 4 heteroatoms. The van der Waals surface area contributed by atoms with Crippen molar-refractivity contribution in [2.45, 2.75) is 13.0 Å². The van der Waals surface area contributed by atoms with Gasteiger partial charge in [0, 0.05) is 17.5 Å². The normalized spacial score (nSPS) is 11.6. The molecule has 1 aromatic heterocycles. The van der Waals surface area contributed by atoms with Gasteiger partial charge in [0.1, 0.15) is 0 Å². The van der Waals surface area contributed by atoms with E-state index in [9.17, 15) is 4.79 Å². The standard InChI is InChI=1S/C15H14N2OS/c1-11(14-7-4-8-19-14)17(2)15(18)13-6-3-5-12(9-13)10-16/h3-9,11H,1-2H3. The Morgan fingerprint density at radius 2 is 2.16 bits per heavy atom. The molecule has 0 aliphatic carbocycles. The fourth-order valence-corrected chi connectivity index (χ4v) is 2.65. The number of thiophene rings is 1. The van der Waals surface area contributed by atoms with Crippen LogP contribution >= 0.6 is 11.3 Å². The van der Waals surface area contributed by atoms with Crippen molar-refractivity contribution in [3.63, 3.8) is 0 Å². The van der Waals surface area contributed by atoms with Gasteiger partial charge in [-0.2, -0.15) is 5.26 Å². The third-order valence-corrected chi connectivity index (χ3v) is 4.14. The third kappa shape index (κ3) is 2.83. The van der Waals surface area contributed by atoms with Gasteiger partial charge in [0.15, 0.2) is 0 Å². The number of carbonyl (C=O) groups excluding carboxylic acids is 1. The van der Waals surface area contributed by atoms with Gasteiger partial charge in [0.05, 0.1) is 17.7 Å². The first-order valence-electron chi connectivity index (χ1n) is 5.94. The van der Waals surface area contributed by atoms with Crippen molar-refractivity contribution in [1.82, 2.24) is 4.90 Å². The molecule has 19 heavy (non-hydrogen) atoms. The summed E-state index contributed by atoms with van der Waals surface area (Å²) >= 11 is 1.63. The number of carbonyl (C=O) groups is 1. The number of rotatable bonds is 3. The topological polar surface area (TPSA) is 44.1 Å². The van der Waals surface area contributed by atoms with Gasteiger partial charge in [-0.3, -0.25) is 4.79 Å². The summed E-state index contributed by atoms with van der Waals surface area (Å²) < 4.78 is 0. The van der Waals surface area contributed by atoms with Crippen LogP contribution in [0.15, 0.2) is 41.8 Å². The first kappa shape index (κ1) is 13.3.